The highest BCUT2D eigenvalue weighted by Crippen LogP contribution is 2.28. The van der Waals surface area contributed by atoms with E-state index in [0.717, 1.165) is 12.8 Å². The van der Waals surface area contributed by atoms with Gasteiger partial charge in [-0.2, -0.15) is 0 Å². The molecule has 2 rings (SSSR count). The van der Waals surface area contributed by atoms with Gasteiger partial charge in [-0.1, -0.05) is 11.3 Å². The number of ether oxygens (including phenoxy) is 1. The number of amides is 1. The van der Waals surface area contributed by atoms with Crippen molar-refractivity contribution in [3.05, 3.63) is 4.88 Å². The van der Waals surface area contributed by atoms with Crippen LogP contribution < -0.4 is 11.1 Å². The maximum absolute atomic E-state index is 12.5. The third-order valence-corrected chi connectivity index (χ3v) is 4.61. The average molecular weight is 314 g/mol. The van der Waals surface area contributed by atoms with Crippen LogP contribution in [-0.2, 0) is 4.74 Å². The van der Waals surface area contributed by atoms with Gasteiger partial charge in [0.25, 0.3) is 5.91 Å². The van der Waals surface area contributed by atoms with Crippen LogP contribution in [0.4, 0.5) is 10.9 Å². The van der Waals surface area contributed by atoms with Crippen LogP contribution in [0.5, 0.6) is 0 Å². The van der Waals surface area contributed by atoms with Gasteiger partial charge in [-0.15, -0.1) is 0 Å². The van der Waals surface area contributed by atoms with E-state index in [9.17, 15) is 4.79 Å². The predicted octanol–water partition coefficient (Wildman–Crippen LogP) is 0.628. The molecule has 7 nitrogen and oxygen atoms in total. The molecule has 0 atom stereocenters. The maximum Gasteiger partial charge on any atom is 0.267 e. The van der Waals surface area contributed by atoms with Crippen molar-refractivity contribution in [2.24, 2.45) is 5.92 Å². The number of methoxy groups -OCH3 is 1. The molecule has 4 N–H and O–H groups in total. The molecule has 2 heterocycles. The van der Waals surface area contributed by atoms with Crippen molar-refractivity contribution >= 4 is 28.2 Å². The van der Waals surface area contributed by atoms with Crippen LogP contribution in [-0.4, -0.2) is 60.9 Å². The molecule has 0 unspecified atom stereocenters. The monoisotopic (exact) mass is 314 g/mol. The van der Waals surface area contributed by atoms with Crippen LogP contribution in [0.25, 0.3) is 0 Å². The normalized spacial score (nSPS) is 16.2. The highest BCUT2D eigenvalue weighted by atomic mass is 32.1. The summed E-state index contributed by atoms with van der Waals surface area (Å²) in [4.78, 5) is 18.9. The van der Waals surface area contributed by atoms with Gasteiger partial charge < -0.3 is 25.8 Å². The van der Waals surface area contributed by atoms with Gasteiger partial charge in [0.15, 0.2) is 5.13 Å². The summed E-state index contributed by atoms with van der Waals surface area (Å²) in [6.07, 6.45) is 1.67. The summed E-state index contributed by atoms with van der Waals surface area (Å²) in [5.74, 6) is 0.509. The molecule has 1 saturated heterocycles. The fourth-order valence-electron chi connectivity index (χ4n) is 2.28. The molecule has 0 bridgehead atoms. The highest BCUT2D eigenvalue weighted by molar-refractivity contribution is 7.18. The Kier molecular flexibility index (Phi) is 5.77. The van der Waals surface area contributed by atoms with Crippen molar-refractivity contribution < 1.29 is 14.6 Å². The molecule has 0 spiro atoms. The Bertz CT molecular complexity index is 472. The largest absolute Gasteiger partial charge is 0.396 e. The van der Waals surface area contributed by atoms with Crippen LogP contribution in [0.2, 0.25) is 0 Å². The van der Waals surface area contributed by atoms with E-state index in [1.807, 2.05) is 0 Å². The lowest BCUT2D eigenvalue weighted by atomic mass is 9.98. The number of likely N-dealkylation sites (tertiary alicyclic amines) is 1. The zero-order valence-corrected chi connectivity index (χ0v) is 13.0. The minimum absolute atomic E-state index is 0.0684. The zero-order chi connectivity index (χ0) is 15.2. The molecule has 1 aromatic rings. The Hall–Kier alpha value is -1.38. The van der Waals surface area contributed by atoms with E-state index in [0.29, 0.717) is 42.2 Å². The molecular weight excluding hydrogens is 292 g/mol. The van der Waals surface area contributed by atoms with Crippen LogP contribution >= 0.6 is 11.3 Å². The minimum Gasteiger partial charge on any atom is -0.396 e. The van der Waals surface area contributed by atoms with Gasteiger partial charge in [0.2, 0.25) is 0 Å². The molecule has 21 heavy (non-hydrogen) atoms. The minimum atomic E-state index is -0.0684. The summed E-state index contributed by atoms with van der Waals surface area (Å²) in [7, 11) is 1.63. The summed E-state index contributed by atoms with van der Waals surface area (Å²) >= 11 is 1.27. The first-order valence-corrected chi connectivity index (χ1v) is 7.86. The van der Waals surface area contributed by atoms with Gasteiger partial charge in [0, 0.05) is 33.4 Å². The predicted molar refractivity (Wildman–Crippen MR) is 82.6 cm³/mol. The number of aliphatic hydroxyl groups is 1. The van der Waals surface area contributed by atoms with Gasteiger partial charge in [-0.25, -0.2) is 4.98 Å². The summed E-state index contributed by atoms with van der Waals surface area (Å²) in [6, 6.07) is 0. The number of thiazole rings is 1. The molecule has 1 aromatic heterocycles. The number of rotatable bonds is 6. The number of carbonyl (C=O) groups excluding carboxylic acids is 1. The molecule has 1 amide bonds. The lowest BCUT2D eigenvalue weighted by molar-refractivity contribution is 0.0656. The van der Waals surface area contributed by atoms with E-state index in [2.05, 4.69) is 10.3 Å². The molecule has 1 aliphatic rings. The first kappa shape index (κ1) is 16.0. The molecule has 118 valence electrons. The molecule has 0 saturated carbocycles. The average Bonchev–Trinajstić information content (AvgIpc) is 2.88. The standard InChI is InChI=1S/C13H22N4O3S/c1-20-7-4-15-13-16-11(14)10(21-13)12(19)17-5-2-9(8-18)3-6-17/h9,18H,2-8,14H2,1H3,(H,15,16). The maximum atomic E-state index is 12.5. The second-order valence-corrected chi connectivity index (χ2v) is 6.07. The number of piperidine rings is 1. The fourth-order valence-corrected chi connectivity index (χ4v) is 3.16. The number of nitrogens with one attached hydrogen (secondary N) is 1. The fraction of sp³-hybridized carbons (Fsp3) is 0.692. The van der Waals surface area contributed by atoms with Crippen molar-refractivity contribution in [1.29, 1.82) is 0 Å². The Morgan fingerprint density at radius 3 is 2.90 bits per heavy atom. The van der Waals surface area contributed by atoms with E-state index in [4.69, 9.17) is 15.6 Å². The number of aromatic nitrogens is 1. The summed E-state index contributed by atoms with van der Waals surface area (Å²) in [5.41, 5.74) is 5.85. The number of nitrogens with two attached hydrogens (primary N) is 1. The van der Waals surface area contributed by atoms with Crippen molar-refractivity contribution in [2.75, 3.05) is 51.0 Å². The molecule has 0 aliphatic carbocycles. The summed E-state index contributed by atoms with van der Waals surface area (Å²) in [5, 5.41) is 12.8. The van der Waals surface area contributed by atoms with E-state index in [1.165, 1.54) is 11.3 Å². The number of aliphatic hydroxyl groups excluding tert-OH is 1. The van der Waals surface area contributed by atoms with Crippen LogP contribution in [0, 0.1) is 5.92 Å². The van der Waals surface area contributed by atoms with Crippen LogP contribution in [0.3, 0.4) is 0 Å². The smallest absolute Gasteiger partial charge is 0.267 e. The quantitative estimate of drug-likeness (QED) is 0.666. The van der Waals surface area contributed by atoms with Gasteiger partial charge in [-0.3, -0.25) is 4.79 Å². The van der Waals surface area contributed by atoms with Crippen molar-refractivity contribution in [2.45, 2.75) is 12.8 Å². The first-order chi connectivity index (χ1) is 10.2. The molecular formula is C13H22N4O3S. The van der Waals surface area contributed by atoms with E-state index in [-0.39, 0.29) is 18.3 Å². The molecule has 8 heteroatoms. The second kappa shape index (κ2) is 7.58. The van der Waals surface area contributed by atoms with Crippen LogP contribution in [0.1, 0.15) is 22.5 Å². The van der Waals surface area contributed by atoms with Gasteiger partial charge in [0.05, 0.1) is 6.61 Å². The highest BCUT2D eigenvalue weighted by Gasteiger charge is 2.26. The number of anilines is 2. The third-order valence-electron chi connectivity index (χ3n) is 3.59. The van der Waals surface area contributed by atoms with Crippen molar-refractivity contribution in [3.63, 3.8) is 0 Å². The topological polar surface area (TPSA) is 101 Å². The lowest BCUT2D eigenvalue weighted by Gasteiger charge is -2.30. The molecule has 1 aliphatic heterocycles. The Labute approximate surface area is 128 Å². The van der Waals surface area contributed by atoms with Crippen LogP contribution in [0.15, 0.2) is 0 Å². The Morgan fingerprint density at radius 1 is 1.57 bits per heavy atom. The lowest BCUT2D eigenvalue weighted by Crippen LogP contribution is -2.39. The summed E-state index contributed by atoms with van der Waals surface area (Å²) < 4.78 is 4.95. The van der Waals surface area contributed by atoms with Gasteiger partial charge in [0.1, 0.15) is 10.7 Å². The Balaban J connectivity index is 1.96. The van der Waals surface area contributed by atoms with Gasteiger partial charge >= 0.3 is 0 Å². The number of nitrogens with zero attached hydrogens (tertiary/aromatic N) is 2. The first-order valence-electron chi connectivity index (χ1n) is 7.05. The van der Waals surface area contributed by atoms with E-state index >= 15 is 0 Å². The molecule has 1 fully saturated rings. The van der Waals surface area contributed by atoms with Crippen molar-refractivity contribution in [3.8, 4) is 0 Å². The zero-order valence-electron chi connectivity index (χ0n) is 12.2. The second-order valence-electron chi connectivity index (χ2n) is 5.07. The number of hydrogen-bond acceptors (Lipinski definition) is 7. The number of hydrogen-bond donors (Lipinski definition) is 3. The Morgan fingerprint density at radius 2 is 2.29 bits per heavy atom. The molecule has 0 radical (unpaired) electrons. The van der Waals surface area contributed by atoms with Gasteiger partial charge in [-0.05, 0) is 18.8 Å². The third kappa shape index (κ3) is 4.05. The van der Waals surface area contributed by atoms with Crippen molar-refractivity contribution in [1.82, 2.24) is 9.88 Å². The number of nitrogen functional groups attached to an aromatic ring is 1. The SMILES string of the molecule is COCCNc1nc(N)c(C(=O)N2CCC(CO)CC2)s1. The number of carbonyl (C=O) groups is 1. The molecule has 0 aromatic carbocycles. The van der Waals surface area contributed by atoms with E-state index in [1.54, 1.807) is 12.0 Å². The van der Waals surface area contributed by atoms with E-state index < -0.39 is 0 Å². The summed E-state index contributed by atoms with van der Waals surface area (Å²) in [6.45, 7) is 2.70.